The minimum atomic E-state index is 0.623. The molecule has 2 aliphatic rings. The van der Waals surface area contributed by atoms with Gasteiger partial charge in [0.25, 0.3) is 0 Å². The van der Waals surface area contributed by atoms with Crippen molar-refractivity contribution < 1.29 is 4.74 Å². The monoisotopic (exact) mass is 351 g/mol. The molecule has 2 aromatic rings. The van der Waals surface area contributed by atoms with Crippen LogP contribution in [0.1, 0.15) is 17.5 Å². The van der Waals surface area contributed by atoms with Crippen LogP contribution in [0, 0.1) is 0 Å². The molecule has 2 saturated heterocycles. The summed E-state index contributed by atoms with van der Waals surface area (Å²) in [6, 6.07) is 19.7. The maximum atomic E-state index is 5.88. The molecule has 1 N–H and O–H groups in total. The molecule has 0 aromatic heterocycles. The summed E-state index contributed by atoms with van der Waals surface area (Å²) >= 11 is 0. The van der Waals surface area contributed by atoms with Gasteiger partial charge in [-0.1, -0.05) is 42.5 Å². The maximum absolute atomic E-state index is 5.88. The van der Waals surface area contributed by atoms with E-state index < -0.39 is 0 Å². The predicted octanol–water partition coefficient (Wildman–Crippen LogP) is 2.75. The van der Waals surface area contributed by atoms with Crippen LogP contribution in [0.3, 0.4) is 0 Å². The van der Waals surface area contributed by atoms with Crippen LogP contribution >= 0.6 is 0 Å². The molecule has 0 amide bonds. The topological polar surface area (TPSA) is 27.7 Å². The third-order valence-corrected chi connectivity index (χ3v) is 5.54. The summed E-state index contributed by atoms with van der Waals surface area (Å²) in [4.78, 5) is 5.23. The molecule has 2 aromatic carbocycles. The van der Waals surface area contributed by atoms with E-state index in [0.29, 0.717) is 6.61 Å². The van der Waals surface area contributed by atoms with Crippen molar-refractivity contribution in [2.45, 2.75) is 25.6 Å². The Kier molecular flexibility index (Phi) is 5.85. The Morgan fingerprint density at radius 2 is 1.65 bits per heavy atom. The Morgan fingerprint density at radius 3 is 2.35 bits per heavy atom. The Bertz CT molecular complexity index is 660. The van der Waals surface area contributed by atoms with Gasteiger partial charge in [0.1, 0.15) is 12.4 Å². The van der Waals surface area contributed by atoms with Gasteiger partial charge in [-0.3, -0.25) is 9.80 Å². The number of piperazine rings is 1. The highest BCUT2D eigenvalue weighted by molar-refractivity contribution is 5.27. The van der Waals surface area contributed by atoms with Gasteiger partial charge in [0.05, 0.1) is 0 Å². The van der Waals surface area contributed by atoms with Crippen LogP contribution in [0.5, 0.6) is 5.75 Å². The van der Waals surface area contributed by atoms with Crippen molar-refractivity contribution in [2.75, 3.05) is 39.3 Å². The molecule has 4 heteroatoms. The van der Waals surface area contributed by atoms with Crippen LogP contribution in [-0.4, -0.2) is 55.1 Å². The normalized spacial score (nSPS) is 21.8. The largest absolute Gasteiger partial charge is 0.489 e. The van der Waals surface area contributed by atoms with E-state index in [1.807, 2.05) is 18.2 Å². The molecule has 0 spiro atoms. The van der Waals surface area contributed by atoms with E-state index in [1.165, 1.54) is 56.8 Å². The van der Waals surface area contributed by atoms with Crippen molar-refractivity contribution in [3.63, 3.8) is 0 Å². The fraction of sp³-hybridized carbons (Fsp3) is 0.455. The van der Waals surface area contributed by atoms with Gasteiger partial charge >= 0.3 is 0 Å². The number of hydrogen-bond donors (Lipinski definition) is 1. The van der Waals surface area contributed by atoms with Crippen molar-refractivity contribution >= 4 is 0 Å². The van der Waals surface area contributed by atoms with Gasteiger partial charge in [-0.2, -0.15) is 0 Å². The van der Waals surface area contributed by atoms with Gasteiger partial charge in [-0.25, -0.2) is 0 Å². The molecular formula is C22H29N3O. The van der Waals surface area contributed by atoms with E-state index in [-0.39, 0.29) is 0 Å². The van der Waals surface area contributed by atoms with E-state index in [2.05, 4.69) is 51.5 Å². The Labute approximate surface area is 156 Å². The molecule has 2 fully saturated rings. The fourth-order valence-electron chi connectivity index (χ4n) is 3.93. The average molecular weight is 351 g/mol. The third kappa shape index (κ3) is 4.64. The smallest absolute Gasteiger partial charge is 0.119 e. The quantitative estimate of drug-likeness (QED) is 0.866. The first-order valence-corrected chi connectivity index (χ1v) is 9.79. The van der Waals surface area contributed by atoms with Crippen molar-refractivity contribution in [1.82, 2.24) is 15.1 Å². The average Bonchev–Trinajstić information content (AvgIpc) is 3.24. The molecule has 0 bridgehead atoms. The van der Waals surface area contributed by atoms with Crippen LogP contribution in [-0.2, 0) is 13.2 Å². The van der Waals surface area contributed by atoms with Crippen LogP contribution in [0.25, 0.3) is 0 Å². The summed E-state index contributed by atoms with van der Waals surface area (Å²) in [5, 5.41) is 3.48. The summed E-state index contributed by atoms with van der Waals surface area (Å²) in [7, 11) is 0. The molecule has 0 unspecified atom stereocenters. The Morgan fingerprint density at radius 1 is 0.885 bits per heavy atom. The zero-order chi connectivity index (χ0) is 17.6. The van der Waals surface area contributed by atoms with E-state index in [4.69, 9.17) is 4.74 Å². The molecular weight excluding hydrogens is 322 g/mol. The summed E-state index contributed by atoms with van der Waals surface area (Å²) in [5.41, 5.74) is 2.57. The first-order chi connectivity index (χ1) is 12.9. The van der Waals surface area contributed by atoms with Crippen LogP contribution in [0.2, 0.25) is 0 Å². The van der Waals surface area contributed by atoms with Crippen LogP contribution < -0.4 is 10.1 Å². The number of hydrogen-bond acceptors (Lipinski definition) is 4. The zero-order valence-electron chi connectivity index (χ0n) is 15.4. The second kappa shape index (κ2) is 8.67. The lowest BCUT2D eigenvalue weighted by molar-refractivity contribution is 0.0981. The van der Waals surface area contributed by atoms with Crippen molar-refractivity contribution in [3.05, 3.63) is 65.7 Å². The van der Waals surface area contributed by atoms with E-state index >= 15 is 0 Å². The number of nitrogens with zero attached hydrogens (tertiary/aromatic N) is 2. The van der Waals surface area contributed by atoms with Gasteiger partial charge in [0, 0.05) is 45.3 Å². The highest BCUT2D eigenvalue weighted by atomic mass is 16.5. The molecule has 2 heterocycles. The Balaban J connectivity index is 1.23. The summed E-state index contributed by atoms with van der Waals surface area (Å²) in [6.45, 7) is 8.75. The second-order valence-electron chi connectivity index (χ2n) is 7.38. The van der Waals surface area contributed by atoms with Crippen molar-refractivity contribution in [3.8, 4) is 5.75 Å². The predicted molar refractivity (Wildman–Crippen MR) is 105 cm³/mol. The standard InChI is InChI=1S/C22H29N3O/c1-2-4-20(5-3-1)18-26-22-8-6-19(7-9-22)17-24-12-14-25(15-13-24)21-10-11-23-16-21/h1-9,21,23H,10-18H2/t21-/m1/s1. The van der Waals surface area contributed by atoms with E-state index in [1.54, 1.807) is 0 Å². The minimum Gasteiger partial charge on any atom is -0.489 e. The number of rotatable bonds is 6. The van der Waals surface area contributed by atoms with Crippen molar-refractivity contribution in [2.24, 2.45) is 0 Å². The highest BCUT2D eigenvalue weighted by Crippen LogP contribution is 2.17. The zero-order valence-corrected chi connectivity index (χ0v) is 15.4. The molecule has 1 atom stereocenters. The van der Waals surface area contributed by atoms with Gasteiger partial charge in [0.2, 0.25) is 0 Å². The molecule has 0 saturated carbocycles. The third-order valence-electron chi connectivity index (χ3n) is 5.54. The maximum Gasteiger partial charge on any atom is 0.119 e. The first kappa shape index (κ1) is 17.5. The van der Waals surface area contributed by atoms with Gasteiger partial charge in [0.15, 0.2) is 0 Å². The molecule has 4 nitrogen and oxygen atoms in total. The fourth-order valence-corrected chi connectivity index (χ4v) is 3.93. The molecule has 138 valence electrons. The molecule has 2 aliphatic heterocycles. The number of nitrogens with one attached hydrogen (secondary N) is 1. The summed E-state index contributed by atoms with van der Waals surface area (Å²) < 4.78 is 5.88. The first-order valence-electron chi connectivity index (χ1n) is 9.79. The lowest BCUT2D eigenvalue weighted by atomic mass is 10.1. The van der Waals surface area contributed by atoms with E-state index in [0.717, 1.165) is 18.3 Å². The lowest BCUT2D eigenvalue weighted by Gasteiger charge is -2.37. The summed E-state index contributed by atoms with van der Waals surface area (Å²) in [5.74, 6) is 0.941. The lowest BCUT2D eigenvalue weighted by Crippen LogP contribution is -2.50. The van der Waals surface area contributed by atoms with Gasteiger partial charge < -0.3 is 10.1 Å². The second-order valence-corrected chi connectivity index (χ2v) is 7.38. The van der Waals surface area contributed by atoms with Gasteiger partial charge in [-0.05, 0) is 36.2 Å². The molecule has 0 radical (unpaired) electrons. The van der Waals surface area contributed by atoms with E-state index in [9.17, 15) is 0 Å². The molecule has 0 aliphatic carbocycles. The van der Waals surface area contributed by atoms with Gasteiger partial charge in [-0.15, -0.1) is 0 Å². The van der Waals surface area contributed by atoms with Crippen LogP contribution in [0.15, 0.2) is 54.6 Å². The summed E-state index contributed by atoms with van der Waals surface area (Å²) in [6.07, 6.45) is 1.31. The SMILES string of the molecule is c1ccc(COc2ccc(CN3CCN([C@@H]4CCNC4)CC3)cc2)cc1. The highest BCUT2D eigenvalue weighted by Gasteiger charge is 2.25. The molecule has 26 heavy (non-hydrogen) atoms. The number of benzene rings is 2. The molecule has 4 rings (SSSR count). The minimum absolute atomic E-state index is 0.623. The van der Waals surface area contributed by atoms with Crippen LogP contribution in [0.4, 0.5) is 0 Å². The Hall–Kier alpha value is -1.88. The van der Waals surface area contributed by atoms with Crippen molar-refractivity contribution in [1.29, 1.82) is 0 Å². The number of ether oxygens (including phenoxy) is 1.